The van der Waals surface area contributed by atoms with Gasteiger partial charge >= 0.3 is 5.97 Å². The first kappa shape index (κ1) is 20.3. The van der Waals surface area contributed by atoms with Gasteiger partial charge in [0.15, 0.2) is 12.3 Å². The Hall–Kier alpha value is -3.48. The molecule has 29 heavy (non-hydrogen) atoms. The predicted molar refractivity (Wildman–Crippen MR) is 110 cm³/mol. The normalized spacial score (nSPS) is 10.9. The second-order valence-electron chi connectivity index (χ2n) is 7.02. The summed E-state index contributed by atoms with van der Waals surface area (Å²) in [6, 6.07) is 16.1. The molecular formula is C22H23N3O4. The summed E-state index contributed by atoms with van der Waals surface area (Å²) in [7, 11) is 1.65. The molecule has 0 N–H and O–H groups in total. The number of ether oxygens (including phenoxy) is 1. The maximum absolute atomic E-state index is 12.8. The Labute approximate surface area is 168 Å². The zero-order valence-corrected chi connectivity index (χ0v) is 16.7. The largest absolute Gasteiger partial charge is 0.451 e. The molecule has 3 rings (SSSR count). The van der Waals surface area contributed by atoms with E-state index in [0.717, 1.165) is 5.56 Å². The van der Waals surface area contributed by atoms with Crippen molar-refractivity contribution in [2.75, 3.05) is 13.7 Å². The monoisotopic (exact) mass is 393 g/mol. The molecule has 2 aromatic carbocycles. The van der Waals surface area contributed by atoms with Crippen molar-refractivity contribution in [3.05, 3.63) is 76.2 Å². The molecule has 0 fully saturated rings. The van der Waals surface area contributed by atoms with E-state index >= 15 is 0 Å². The van der Waals surface area contributed by atoms with E-state index in [4.69, 9.17) is 4.74 Å². The summed E-state index contributed by atoms with van der Waals surface area (Å²) in [6.45, 7) is 3.57. The molecule has 150 valence electrons. The summed E-state index contributed by atoms with van der Waals surface area (Å²) < 4.78 is 6.45. The quantitative estimate of drug-likeness (QED) is 0.601. The molecule has 1 heterocycles. The molecule has 0 bridgehead atoms. The topological polar surface area (TPSA) is 81.5 Å². The highest BCUT2D eigenvalue weighted by Crippen LogP contribution is 2.15. The molecule has 0 aliphatic rings. The average Bonchev–Trinajstić information content (AvgIpc) is 2.74. The number of rotatable bonds is 6. The minimum absolute atomic E-state index is 0.00654. The number of esters is 1. The number of carbonyl (C=O) groups is 2. The fourth-order valence-electron chi connectivity index (χ4n) is 2.83. The van der Waals surface area contributed by atoms with Gasteiger partial charge in [-0.2, -0.15) is 5.10 Å². The Kier molecular flexibility index (Phi) is 6.07. The fraction of sp³-hybridized carbons (Fsp3) is 0.273. The second kappa shape index (κ2) is 8.68. The van der Waals surface area contributed by atoms with Crippen molar-refractivity contribution in [3.8, 4) is 0 Å². The minimum atomic E-state index is -0.742. The van der Waals surface area contributed by atoms with Gasteiger partial charge in [0.05, 0.1) is 11.9 Å². The van der Waals surface area contributed by atoms with Gasteiger partial charge < -0.3 is 9.64 Å². The third kappa shape index (κ3) is 4.51. The zero-order valence-electron chi connectivity index (χ0n) is 16.7. The molecule has 7 heteroatoms. The van der Waals surface area contributed by atoms with Crippen LogP contribution in [-0.2, 0) is 16.1 Å². The van der Waals surface area contributed by atoms with Crippen LogP contribution in [0.4, 0.5) is 0 Å². The van der Waals surface area contributed by atoms with E-state index in [0.29, 0.717) is 10.8 Å². The summed E-state index contributed by atoms with van der Waals surface area (Å²) in [5.74, 6) is -1.05. The molecule has 7 nitrogen and oxygen atoms in total. The van der Waals surface area contributed by atoms with E-state index in [9.17, 15) is 14.4 Å². The van der Waals surface area contributed by atoms with Crippen LogP contribution >= 0.6 is 0 Å². The van der Waals surface area contributed by atoms with Gasteiger partial charge in [-0.15, -0.1) is 0 Å². The van der Waals surface area contributed by atoms with Crippen molar-refractivity contribution in [3.63, 3.8) is 0 Å². The highest BCUT2D eigenvalue weighted by Gasteiger charge is 2.20. The molecule has 1 aromatic heterocycles. The van der Waals surface area contributed by atoms with E-state index in [1.165, 1.54) is 9.58 Å². The summed E-state index contributed by atoms with van der Waals surface area (Å²) in [6.07, 6.45) is 0. The Morgan fingerprint density at radius 3 is 2.31 bits per heavy atom. The Morgan fingerprint density at radius 1 is 1.03 bits per heavy atom. The van der Waals surface area contributed by atoms with Gasteiger partial charge in [-0.05, 0) is 25.5 Å². The standard InChI is InChI=1S/C22H23N3O4/c1-15(2)24(3)19(26)14-29-22(28)20-17-11-7-8-12-18(17)21(27)25(23-20)13-16-9-5-4-6-10-16/h4-12,15H,13-14H2,1-3H3. The molecule has 0 aliphatic carbocycles. The smallest absolute Gasteiger partial charge is 0.359 e. The van der Waals surface area contributed by atoms with Crippen molar-refractivity contribution >= 4 is 22.6 Å². The van der Waals surface area contributed by atoms with Crippen molar-refractivity contribution < 1.29 is 14.3 Å². The molecule has 0 atom stereocenters. The number of aromatic nitrogens is 2. The average molecular weight is 393 g/mol. The number of carbonyl (C=O) groups excluding carboxylic acids is 2. The number of benzene rings is 2. The van der Waals surface area contributed by atoms with Crippen LogP contribution in [0.3, 0.4) is 0 Å². The van der Waals surface area contributed by atoms with E-state index < -0.39 is 5.97 Å². The fourth-order valence-corrected chi connectivity index (χ4v) is 2.83. The third-order valence-corrected chi connectivity index (χ3v) is 4.73. The van der Waals surface area contributed by atoms with Crippen molar-refractivity contribution in [1.29, 1.82) is 0 Å². The highest BCUT2D eigenvalue weighted by molar-refractivity contribution is 6.02. The number of fused-ring (bicyclic) bond motifs is 1. The molecule has 0 radical (unpaired) electrons. The van der Waals surface area contributed by atoms with Crippen LogP contribution in [-0.4, -0.2) is 46.3 Å². The van der Waals surface area contributed by atoms with Crippen molar-refractivity contribution in [2.45, 2.75) is 26.4 Å². The first-order valence-corrected chi connectivity index (χ1v) is 9.35. The lowest BCUT2D eigenvalue weighted by Crippen LogP contribution is -2.36. The number of hydrogen-bond acceptors (Lipinski definition) is 5. The highest BCUT2D eigenvalue weighted by atomic mass is 16.5. The van der Waals surface area contributed by atoms with Gasteiger partial charge in [0.2, 0.25) is 0 Å². The Balaban J connectivity index is 1.94. The van der Waals surface area contributed by atoms with Gasteiger partial charge in [-0.3, -0.25) is 9.59 Å². The zero-order chi connectivity index (χ0) is 21.0. The van der Waals surface area contributed by atoms with E-state index in [-0.39, 0.29) is 36.4 Å². The van der Waals surface area contributed by atoms with Crippen LogP contribution in [0.2, 0.25) is 0 Å². The van der Waals surface area contributed by atoms with E-state index in [1.807, 2.05) is 44.2 Å². The lowest BCUT2D eigenvalue weighted by Gasteiger charge is -2.21. The van der Waals surface area contributed by atoms with Gasteiger partial charge in [-0.25, -0.2) is 9.48 Å². The van der Waals surface area contributed by atoms with Crippen LogP contribution in [0.25, 0.3) is 10.8 Å². The number of nitrogens with zero attached hydrogens (tertiary/aromatic N) is 3. The van der Waals surface area contributed by atoms with Crippen LogP contribution in [0.5, 0.6) is 0 Å². The molecule has 3 aromatic rings. The van der Waals surface area contributed by atoms with E-state index in [2.05, 4.69) is 5.10 Å². The minimum Gasteiger partial charge on any atom is -0.451 e. The van der Waals surface area contributed by atoms with Crippen LogP contribution < -0.4 is 5.56 Å². The lowest BCUT2D eigenvalue weighted by molar-refractivity contribution is -0.134. The maximum Gasteiger partial charge on any atom is 0.359 e. The molecule has 0 spiro atoms. The number of likely N-dealkylation sites (N-methyl/N-ethyl adjacent to an activating group) is 1. The van der Waals surface area contributed by atoms with Crippen molar-refractivity contribution in [1.82, 2.24) is 14.7 Å². The summed E-state index contributed by atoms with van der Waals surface area (Å²) in [5, 5.41) is 5.03. The third-order valence-electron chi connectivity index (χ3n) is 4.73. The molecule has 1 amide bonds. The Bertz CT molecular complexity index is 1090. The van der Waals surface area contributed by atoms with Gasteiger partial charge in [-0.1, -0.05) is 48.5 Å². The van der Waals surface area contributed by atoms with Crippen LogP contribution in [0, 0.1) is 0 Å². The lowest BCUT2D eigenvalue weighted by atomic mass is 10.1. The van der Waals surface area contributed by atoms with Gasteiger partial charge in [0.1, 0.15) is 0 Å². The molecule has 0 saturated heterocycles. The summed E-state index contributed by atoms with van der Waals surface area (Å²) >= 11 is 0. The second-order valence-corrected chi connectivity index (χ2v) is 7.02. The van der Waals surface area contributed by atoms with E-state index in [1.54, 1.807) is 31.3 Å². The van der Waals surface area contributed by atoms with Crippen LogP contribution in [0.15, 0.2) is 59.4 Å². The molecular weight excluding hydrogens is 370 g/mol. The van der Waals surface area contributed by atoms with Crippen LogP contribution in [0.1, 0.15) is 29.9 Å². The van der Waals surface area contributed by atoms with Crippen molar-refractivity contribution in [2.24, 2.45) is 0 Å². The molecule has 0 aliphatic heterocycles. The first-order chi connectivity index (χ1) is 13.9. The maximum atomic E-state index is 12.8. The molecule has 0 unspecified atom stereocenters. The predicted octanol–water partition coefficient (Wildman–Crippen LogP) is 2.47. The summed E-state index contributed by atoms with van der Waals surface area (Å²) in [4.78, 5) is 39.1. The SMILES string of the molecule is CC(C)N(C)C(=O)COC(=O)c1nn(Cc2ccccc2)c(=O)c2ccccc12. The Morgan fingerprint density at radius 2 is 1.66 bits per heavy atom. The molecule has 0 saturated carbocycles. The first-order valence-electron chi connectivity index (χ1n) is 9.35. The number of hydrogen-bond donors (Lipinski definition) is 0. The van der Waals surface area contributed by atoms with Gasteiger partial charge in [0, 0.05) is 18.5 Å². The van der Waals surface area contributed by atoms with Gasteiger partial charge in [0.25, 0.3) is 11.5 Å². The number of amides is 1. The summed E-state index contributed by atoms with van der Waals surface area (Å²) in [5.41, 5.74) is 0.596.